The predicted octanol–water partition coefficient (Wildman–Crippen LogP) is 1.92. The maximum absolute atomic E-state index is 13.1. The topological polar surface area (TPSA) is 97.7 Å². The third-order valence-electron chi connectivity index (χ3n) is 2.65. The van der Waals surface area contributed by atoms with Crippen LogP contribution in [0, 0.1) is 0 Å². The number of hydrogen-bond donors (Lipinski definition) is 1. The zero-order valence-electron chi connectivity index (χ0n) is 11.3. The van der Waals surface area contributed by atoms with Crippen LogP contribution in [0.1, 0.15) is 22.8 Å². The van der Waals surface area contributed by atoms with E-state index in [9.17, 15) is 26.8 Å². The largest absolute Gasteiger partial charge is 0.451 e. The Morgan fingerprint density at radius 2 is 1.82 bits per heavy atom. The molecule has 1 atom stereocenters. The molecule has 1 rings (SSSR count). The Morgan fingerprint density at radius 1 is 1.32 bits per heavy atom. The number of esters is 1. The molecule has 22 heavy (non-hydrogen) atoms. The number of ketones is 1. The van der Waals surface area contributed by atoms with Gasteiger partial charge in [0.2, 0.25) is 0 Å². The highest BCUT2D eigenvalue weighted by Crippen LogP contribution is 2.24. The van der Waals surface area contributed by atoms with E-state index in [1.54, 1.807) is 0 Å². The van der Waals surface area contributed by atoms with Crippen molar-refractivity contribution >= 4 is 27.9 Å². The van der Waals surface area contributed by atoms with Crippen molar-refractivity contribution in [2.75, 3.05) is 0 Å². The number of Topliss-reactive ketones (excluding diaryl/α,β-unsaturated/α-hetero) is 1. The van der Waals surface area contributed by atoms with Crippen molar-refractivity contribution in [3.63, 3.8) is 0 Å². The molecule has 6 nitrogen and oxygen atoms in total. The highest BCUT2D eigenvalue weighted by Gasteiger charge is 2.54. The van der Waals surface area contributed by atoms with Gasteiger partial charge in [0.1, 0.15) is 0 Å². The second kappa shape index (κ2) is 6.32. The van der Waals surface area contributed by atoms with Crippen LogP contribution in [0.25, 0.3) is 6.08 Å². The van der Waals surface area contributed by atoms with Crippen LogP contribution >= 0.6 is 0 Å². The van der Waals surface area contributed by atoms with Crippen LogP contribution < -0.4 is 0 Å². The van der Waals surface area contributed by atoms with Gasteiger partial charge in [0.25, 0.3) is 5.78 Å². The van der Waals surface area contributed by atoms with Crippen LogP contribution in [0.5, 0.6) is 0 Å². The highest BCUT2D eigenvalue weighted by atomic mass is 32.2. The number of carbonyl (C=O) groups excluding carboxylic acids is 2. The van der Waals surface area contributed by atoms with Crippen LogP contribution in [0.4, 0.5) is 8.78 Å². The Morgan fingerprint density at radius 3 is 2.23 bits per heavy atom. The molecule has 0 aromatic heterocycles. The lowest BCUT2D eigenvalue weighted by atomic mass is 10.1. The van der Waals surface area contributed by atoms with E-state index in [1.807, 2.05) is 0 Å². The fourth-order valence-corrected chi connectivity index (χ4v) is 1.82. The molecule has 1 aromatic rings. The molecule has 0 aliphatic rings. The number of alkyl halides is 2. The SMILES string of the molecule is C=Cc1ccc(C(=O)OC(C)C(=O)C(F)(F)S(=O)(=O)O)cc1. The lowest BCUT2D eigenvalue weighted by molar-refractivity contribution is -0.142. The fraction of sp³-hybridized carbons (Fsp3) is 0.231. The fourth-order valence-electron chi connectivity index (χ4n) is 1.40. The molecule has 0 fully saturated rings. The van der Waals surface area contributed by atoms with Crippen molar-refractivity contribution in [3.05, 3.63) is 42.0 Å². The molecule has 1 N–H and O–H groups in total. The molecular formula is C13H12F2O6S. The maximum atomic E-state index is 13.1. The molecule has 0 spiro atoms. The summed E-state index contributed by atoms with van der Waals surface area (Å²) >= 11 is 0. The molecule has 0 radical (unpaired) electrons. The molecule has 9 heteroatoms. The van der Waals surface area contributed by atoms with Crippen molar-refractivity contribution in [3.8, 4) is 0 Å². The highest BCUT2D eigenvalue weighted by molar-refractivity contribution is 7.87. The number of halogens is 2. The van der Waals surface area contributed by atoms with E-state index in [0.29, 0.717) is 5.56 Å². The zero-order chi connectivity index (χ0) is 17.1. The smallest absolute Gasteiger partial charge is 0.430 e. The van der Waals surface area contributed by atoms with Crippen molar-refractivity contribution in [2.24, 2.45) is 0 Å². The molecule has 0 heterocycles. The summed E-state index contributed by atoms with van der Waals surface area (Å²) in [5.74, 6) is -3.34. The van der Waals surface area contributed by atoms with E-state index in [0.717, 1.165) is 6.92 Å². The Labute approximate surface area is 125 Å². The van der Waals surface area contributed by atoms with E-state index in [1.165, 1.54) is 30.3 Å². The van der Waals surface area contributed by atoms with Gasteiger partial charge in [-0.05, 0) is 24.6 Å². The molecule has 0 aliphatic heterocycles. The van der Waals surface area contributed by atoms with Gasteiger partial charge < -0.3 is 4.74 Å². The summed E-state index contributed by atoms with van der Waals surface area (Å²) in [4.78, 5) is 23.0. The average molecular weight is 334 g/mol. The zero-order valence-corrected chi connectivity index (χ0v) is 12.1. The Bertz CT molecular complexity index is 694. The van der Waals surface area contributed by atoms with Crippen LogP contribution in [0.3, 0.4) is 0 Å². The number of carbonyl (C=O) groups is 2. The molecule has 1 unspecified atom stereocenters. The minimum Gasteiger partial charge on any atom is -0.451 e. The van der Waals surface area contributed by atoms with Gasteiger partial charge in [0.05, 0.1) is 5.56 Å². The molecule has 1 aromatic carbocycles. The first kappa shape index (κ1) is 17.9. The molecule has 120 valence electrons. The van der Waals surface area contributed by atoms with Gasteiger partial charge in [-0.15, -0.1) is 0 Å². The maximum Gasteiger partial charge on any atom is 0.430 e. The predicted molar refractivity (Wildman–Crippen MR) is 72.9 cm³/mol. The minimum atomic E-state index is -5.94. The minimum absolute atomic E-state index is 0.0274. The van der Waals surface area contributed by atoms with E-state index in [2.05, 4.69) is 11.3 Å². The summed E-state index contributed by atoms with van der Waals surface area (Å²) in [7, 11) is -5.94. The third-order valence-corrected chi connectivity index (χ3v) is 3.50. The first-order chi connectivity index (χ1) is 10.0. The van der Waals surface area contributed by atoms with Gasteiger partial charge in [0, 0.05) is 0 Å². The normalized spacial score (nSPS) is 13.3. The lowest BCUT2D eigenvalue weighted by Gasteiger charge is -2.17. The van der Waals surface area contributed by atoms with Gasteiger partial charge in [-0.1, -0.05) is 24.8 Å². The average Bonchev–Trinajstić information content (AvgIpc) is 2.45. The molecule has 0 amide bonds. The summed E-state index contributed by atoms with van der Waals surface area (Å²) in [5.41, 5.74) is 0.666. The molecule has 0 saturated heterocycles. The van der Waals surface area contributed by atoms with Crippen LogP contribution in [-0.4, -0.2) is 36.1 Å². The summed E-state index contributed by atoms with van der Waals surface area (Å²) in [6.45, 7) is 4.28. The summed E-state index contributed by atoms with van der Waals surface area (Å²) in [6, 6.07) is 5.64. The van der Waals surface area contributed by atoms with Gasteiger partial charge in [-0.2, -0.15) is 17.2 Å². The Balaban J connectivity index is 2.87. The second-order valence-electron chi connectivity index (χ2n) is 4.23. The van der Waals surface area contributed by atoms with E-state index >= 15 is 0 Å². The van der Waals surface area contributed by atoms with E-state index in [-0.39, 0.29) is 5.56 Å². The van der Waals surface area contributed by atoms with E-state index < -0.39 is 33.2 Å². The second-order valence-corrected chi connectivity index (χ2v) is 5.69. The van der Waals surface area contributed by atoms with Gasteiger partial charge in [-0.3, -0.25) is 9.35 Å². The van der Waals surface area contributed by atoms with E-state index in [4.69, 9.17) is 4.55 Å². The monoisotopic (exact) mass is 334 g/mol. The number of hydrogen-bond acceptors (Lipinski definition) is 5. The lowest BCUT2D eigenvalue weighted by Crippen LogP contribution is -2.44. The Kier molecular flexibility index (Phi) is 5.15. The quantitative estimate of drug-likeness (QED) is 0.630. The third kappa shape index (κ3) is 3.74. The first-order valence-corrected chi connectivity index (χ1v) is 7.27. The van der Waals surface area contributed by atoms with Crippen molar-refractivity contribution in [2.45, 2.75) is 18.3 Å². The van der Waals surface area contributed by atoms with Crippen LogP contribution in [0.15, 0.2) is 30.8 Å². The van der Waals surface area contributed by atoms with Gasteiger partial charge in [0.15, 0.2) is 6.10 Å². The first-order valence-electron chi connectivity index (χ1n) is 5.83. The van der Waals surface area contributed by atoms with Crippen molar-refractivity contribution in [1.29, 1.82) is 0 Å². The molecule has 0 bridgehead atoms. The van der Waals surface area contributed by atoms with Crippen molar-refractivity contribution in [1.82, 2.24) is 0 Å². The van der Waals surface area contributed by atoms with Gasteiger partial charge in [-0.25, -0.2) is 4.79 Å². The van der Waals surface area contributed by atoms with Crippen LogP contribution in [-0.2, 0) is 19.6 Å². The summed E-state index contributed by atoms with van der Waals surface area (Å²) < 4.78 is 60.0. The van der Waals surface area contributed by atoms with Crippen LogP contribution in [0.2, 0.25) is 0 Å². The van der Waals surface area contributed by atoms with Gasteiger partial charge >= 0.3 is 21.3 Å². The molecule has 0 aliphatic carbocycles. The summed E-state index contributed by atoms with van der Waals surface area (Å²) in [6.07, 6.45) is -0.558. The standard InChI is InChI=1S/C13H12F2O6S/c1-3-9-4-6-10(7-5-9)12(17)21-8(2)11(16)13(14,15)22(18,19)20/h3-8H,1H2,2H3,(H,18,19,20). The summed E-state index contributed by atoms with van der Waals surface area (Å²) in [5, 5.41) is -5.06. The van der Waals surface area contributed by atoms with Crippen molar-refractivity contribution < 1.29 is 36.1 Å². The number of ether oxygens (including phenoxy) is 1. The molecular weight excluding hydrogens is 322 g/mol. The number of rotatable bonds is 6. The Hall–Kier alpha value is -2.13. The number of benzene rings is 1. The molecule has 0 saturated carbocycles.